The Kier molecular flexibility index (Phi) is 4.57. The normalized spacial score (nSPS) is 10.4. The van der Waals surface area contributed by atoms with Crippen LogP contribution in [0.15, 0.2) is 36.4 Å². The van der Waals surface area contributed by atoms with Gasteiger partial charge >= 0.3 is 0 Å². The number of nitrogens with one attached hydrogen (secondary N) is 1. The Hall–Kier alpha value is -1.65. The van der Waals surface area contributed by atoms with E-state index in [2.05, 4.69) is 5.32 Å². The molecular weight excluding hydrogens is 307 g/mol. The molecule has 0 saturated carbocycles. The highest BCUT2D eigenvalue weighted by Crippen LogP contribution is 2.26. The van der Waals surface area contributed by atoms with E-state index in [0.717, 1.165) is 18.2 Å². The van der Waals surface area contributed by atoms with Crippen LogP contribution in [0.2, 0.25) is 10.0 Å². The Morgan fingerprint density at radius 2 is 1.75 bits per heavy atom. The second-order valence-electron chi connectivity index (χ2n) is 4.10. The number of carbonyl (C=O) groups excluding carboxylic acids is 1. The summed E-state index contributed by atoms with van der Waals surface area (Å²) < 4.78 is 26.0. The van der Waals surface area contributed by atoms with Crippen LogP contribution in [0.4, 0.5) is 14.5 Å². The van der Waals surface area contributed by atoms with Crippen molar-refractivity contribution < 1.29 is 13.6 Å². The number of amides is 1. The van der Waals surface area contributed by atoms with Gasteiger partial charge in [0.15, 0.2) is 0 Å². The molecule has 1 amide bonds. The van der Waals surface area contributed by atoms with Crippen LogP contribution in [-0.4, -0.2) is 5.91 Å². The summed E-state index contributed by atoms with van der Waals surface area (Å²) in [7, 11) is 0. The summed E-state index contributed by atoms with van der Waals surface area (Å²) in [5.41, 5.74) is 0.583. The molecule has 104 valence electrons. The predicted octanol–water partition coefficient (Wildman–Crippen LogP) is 4.45. The lowest BCUT2D eigenvalue weighted by atomic mass is 10.1. The molecule has 2 aromatic carbocycles. The number of benzene rings is 2. The fourth-order valence-corrected chi connectivity index (χ4v) is 2.08. The zero-order valence-corrected chi connectivity index (χ0v) is 11.6. The number of anilines is 1. The van der Waals surface area contributed by atoms with Gasteiger partial charge in [-0.2, -0.15) is 0 Å². The highest BCUT2D eigenvalue weighted by molar-refractivity contribution is 6.42. The average molecular weight is 316 g/mol. The predicted molar refractivity (Wildman–Crippen MR) is 75.2 cm³/mol. The monoisotopic (exact) mass is 315 g/mol. The number of rotatable bonds is 3. The highest BCUT2D eigenvalue weighted by atomic mass is 35.5. The van der Waals surface area contributed by atoms with Crippen molar-refractivity contribution in [2.24, 2.45) is 0 Å². The van der Waals surface area contributed by atoms with Crippen LogP contribution in [0.5, 0.6) is 0 Å². The van der Waals surface area contributed by atoms with Crippen LogP contribution in [0.25, 0.3) is 0 Å². The van der Waals surface area contributed by atoms with Crippen molar-refractivity contribution in [1.82, 2.24) is 0 Å². The molecule has 0 fully saturated rings. The van der Waals surface area contributed by atoms with E-state index in [4.69, 9.17) is 23.2 Å². The van der Waals surface area contributed by atoms with E-state index in [-0.39, 0.29) is 17.1 Å². The number of carbonyl (C=O) groups is 1. The van der Waals surface area contributed by atoms with E-state index in [0.29, 0.717) is 10.6 Å². The van der Waals surface area contributed by atoms with Gasteiger partial charge in [0, 0.05) is 11.8 Å². The van der Waals surface area contributed by atoms with Crippen LogP contribution < -0.4 is 5.32 Å². The van der Waals surface area contributed by atoms with Gasteiger partial charge in [-0.25, -0.2) is 8.78 Å². The van der Waals surface area contributed by atoms with Gasteiger partial charge < -0.3 is 5.32 Å². The van der Waals surface area contributed by atoms with Gasteiger partial charge in [0.1, 0.15) is 11.6 Å². The van der Waals surface area contributed by atoms with Gasteiger partial charge in [0.05, 0.1) is 16.5 Å². The fourth-order valence-electron chi connectivity index (χ4n) is 1.69. The zero-order chi connectivity index (χ0) is 14.7. The van der Waals surface area contributed by atoms with E-state index in [1.165, 1.54) is 0 Å². The minimum atomic E-state index is -0.763. The summed E-state index contributed by atoms with van der Waals surface area (Å²) in [6, 6.07) is 7.70. The summed E-state index contributed by atoms with van der Waals surface area (Å²) >= 11 is 11.8. The number of halogens is 4. The Morgan fingerprint density at radius 1 is 1.10 bits per heavy atom. The number of hydrogen-bond donors (Lipinski definition) is 1. The molecule has 0 spiro atoms. The fraction of sp³-hybridized carbons (Fsp3) is 0.0714. The molecular formula is C14H9Cl2F2NO. The molecule has 0 atom stereocenters. The molecule has 20 heavy (non-hydrogen) atoms. The summed E-state index contributed by atoms with van der Waals surface area (Å²) in [6.45, 7) is 0. The summed E-state index contributed by atoms with van der Waals surface area (Å²) in [4.78, 5) is 11.8. The third-order valence-electron chi connectivity index (χ3n) is 2.53. The Bertz CT molecular complexity index is 641. The highest BCUT2D eigenvalue weighted by Gasteiger charge is 2.10. The largest absolute Gasteiger partial charge is 0.326 e. The molecule has 0 unspecified atom stereocenters. The minimum absolute atomic E-state index is 0.0441. The molecule has 0 aromatic heterocycles. The first-order valence-corrected chi connectivity index (χ1v) is 6.40. The molecule has 0 aliphatic rings. The summed E-state index contributed by atoms with van der Waals surface area (Å²) in [5, 5.41) is 3.03. The smallest absolute Gasteiger partial charge is 0.228 e. The Morgan fingerprint density at radius 3 is 2.40 bits per heavy atom. The van der Waals surface area contributed by atoms with Crippen molar-refractivity contribution in [1.29, 1.82) is 0 Å². The SMILES string of the molecule is O=C(Cc1cccc(Cl)c1Cl)Nc1cc(F)cc(F)c1. The third kappa shape index (κ3) is 3.68. The molecule has 2 rings (SSSR count). The molecule has 2 nitrogen and oxygen atoms in total. The lowest BCUT2D eigenvalue weighted by Gasteiger charge is -2.07. The van der Waals surface area contributed by atoms with Crippen molar-refractivity contribution in [3.63, 3.8) is 0 Å². The number of hydrogen-bond acceptors (Lipinski definition) is 1. The molecule has 0 saturated heterocycles. The quantitative estimate of drug-likeness (QED) is 0.890. The Balaban J connectivity index is 2.11. The first-order valence-electron chi connectivity index (χ1n) is 5.64. The van der Waals surface area contributed by atoms with E-state index in [9.17, 15) is 13.6 Å². The molecule has 2 aromatic rings. The molecule has 1 N–H and O–H groups in total. The van der Waals surface area contributed by atoms with Crippen LogP contribution in [0.1, 0.15) is 5.56 Å². The lowest BCUT2D eigenvalue weighted by Crippen LogP contribution is -2.15. The first-order chi connectivity index (χ1) is 9.45. The molecule has 0 aliphatic heterocycles. The van der Waals surface area contributed by atoms with Gasteiger partial charge in [-0.1, -0.05) is 35.3 Å². The van der Waals surface area contributed by atoms with Gasteiger partial charge in [0.2, 0.25) is 5.91 Å². The maximum absolute atomic E-state index is 13.0. The topological polar surface area (TPSA) is 29.1 Å². The zero-order valence-electron chi connectivity index (χ0n) is 10.1. The van der Waals surface area contributed by atoms with Gasteiger partial charge in [-0.3, -0.25) is 4.79 Å². The minimum Gasteiger partial charge on any atom is -0.326 e. The molecule has 0 heterocycles. The second-order valence-corrected chi connectivity index (χ2v) is 4.88. The van der Waals surface area contributed by atoms with Gasteiger partial charge in [0.25, 0.3) is 0 Å². The lowest BCUT2D eigenvalue weighted by molar-refractivity contribution is -0.115. The van der Waals surface area contributed by atoms with Crippen molar-refractivity contribution in [2.75, 3.05) is 5.32 Å². The summed E-state index contributed by atoms with van der Waals surface area (Å²) in [5.74, 6) is -1.97. The second kappa shape index (κ2) is 6.20. The molecule has 0 radical (unpaired) electrons. The van der Waals surface area contributed by atoms with Crippen molar-refractivity contribution in [3.8, 4) is 0 Å². The van der Waals surface area contributed by atoms with E-state index in [1.807, 2.05) is 0 Å². The molecule has 0 bridgehead atoms. The van der Waals surface area contributed by atoms with Crippen LogP contribution in [0, 0.1) is 11.6 Å². The molecule has 6 heteroatoms. The van der Waals surface area contributed by atoms with Gasteiger partial charge in [-0.05, 0) is 23.8 Å². The van der Waals surface area contributed by atoms with Crippen LogP contribution >= 0.6 is 23.2 Å². The standard InChI is InChI=1S/C14H9Cl2F2NO/c15-12-3-1-2-8(14(12)16)4-13(20)19-11-6-9(17)5-10(18)7-11/h1-3,5-7H,4H2,(H,19,20). The van der Waals surface area contributed by atoms with E-state index < -0.39 is 17.5 Å². The summed E-state index contributed by atoms with van der Waals surface area (Å²) in [6.07, 6.45) is -0.0441. The molecule has 0 aliphatic carbocycles. The van der Waals surface area contributed by atoms with Crippen molar-refractivity contribution in [2.45, 2.75) is 6.42 Å². The van der Waals surface area contributed by atoms with E-state index in [1.54, 1.807) is 18.2 Å². The van der Waals surface area contributed by atoms with Crippen LogP contribution in [-0.2, 0) is 11.2 Å². The maximum atomic E-state index is 13.0. The first kappa shape index (κ1) is 14.8. The van der Waals surface area contributed by atoms with Crippen LogP contribution in [0.3, 0.4) is 0 Å². The average Bonchev–Trinajstić information content (AvgIpc) is 2.33. The maximum Gasteiger partial charge on any atom is 0.228 e. The van der Waals surface area contributed by atoms with E-state index >= 15 is 0 Å². The van der Waals surface area contributed by atoms with Crippen molar-refractivity contribution >= 4 is 34.8 Å². The Labute approximate surface area is 124 Å². The van der Waals surface area contributed by atoms with Gasteiger partial charge in [-0.15, -0.1) is 0 Å². The van der Waals surface area contributed by atoms with Crippen molar-refractivity contribution in [3.05, 3.63) is 63.6 Å². The third-order valence-corrected chi connectivity index (χ3v) is 3.39.